The standard InChI is InChI=1S/C21H28N2O3S/c1-16-13-17(2)15-20(14-16)23(27(4,25)26)18(3)21(24)22-12-8-11-19-9-6-5-7-10-19/h5-7,9-10,13-15,18H,8,11-12H2,1-4H3,(H,22,24). The summed E-state index contributed by atoms with van der Waals surface area (Å²) in [6.45, 7) is 5.93. The van der Waals surface area contributed by atoms with Gasteiger partial charge in [0.05, 0.1) is 11.9 Å². The summed E-state index contributed by atoms with van der Waals surface area (Å²) in [6, 6.07) is 14.8. The maximum Gasteiger partial charge on any atom is 0.243 e. The minimum Gasteiger partial charge on any atom is -0.354 e. The number of rotatable bonds is 8. The van der Waals surface area contributed by atoms with Crippen molar-refractivity contribution >= 4 is 21.6 Å². The molecule has 0 radical (unpaired) electrons. The molecule has 1 amide bonds. The summed E-state index contributed by atoms with van der Waals surface area (Å²) in [6.07, 6.45) is 2.79. The fourth-order valence-corrected chi connectivity index (χ4v) is 4.34. The average molecular weight is 389 g/mol. The lowest BCUT2D eigenvalue weighted by atomic mass is 10.1. The Labute approximate surface area is 162 Å². The molecule has 1 atom stereocenters. The molecule has 2 aromatic carbocycles. The van der Waals surface area contributed by atoms with Crippen molar-refractivity contribution in [1.82, 2.24) is 5.32 Å². The van der Waals surface area contributed by atoms with E-state index in [0.717, 1.165) is 30.2 Å². The van der Waals surface area contributed by atoms with E-state index in [-0.39, 0.29) is 5.91 Å². The highest BCUT2D eigenvalue weighted by atomic mass is 32.2. The summed E-state index contributed by atoms with van der Waals surface area (Å²) in [5.41, 5.74) is 3.64. The van der Waals surface area contributed by atoms with Crippen LogP contribution in [0.4, 0.5) is 5.69 Å². The zero-order valence-corrected chi connectivity index (χ0v) is 17.2. The van der Waals surface area contributed by atoms with Crippen LogP contribution in [-0.4, -0.2) is 33.2 Å². The Hall–Kier alpha value is -2.34. The van der Waals surface area contributed by atoms with E-state index in [1.165, 1.54) is 9.87 Å². The first-order valence-electron chi connectivity index (χ1n) is 9.08. The molecule has 146 valence electrons. The van der Waals surface area contributed by atoms with Crippen LogP contribution in [-0.2, 0) is 21.2 Å². The third-order valence-corrected chi connectivity index (χ3v) is 5.58. The van der Waals surface area contributed by atoms with Crippen LogP contribution in [0, 0.1) is 13.8 Å². The van der Waals surface area contributed by atoms with E-state index in [2.05, 4.69) is 17.4 Å². The van der Waals surface area contributed by atoms with Crippen molar-refractivity contribution in [2.75, 3.05) is 17.1 Å². The van der Waals surface area contributed by atoms with Gasteiger partial charge in [0.25, 0.3) is 0 Å². The number of hydrogen-bond donors (Lipinski definition) is 1. The first-order valence-corrected chi connectivity index (χ1v) is 10.9. The van der Waals surface area contributed by atoms with Crippen molar-refractivity contribution in [3.8, 4) is 0 Å². The Morgan fingerprint density at radius 2 is 1.67 bits per heavy atom. The third kappa shape index (κ3) is 6.10. The molecule has 2 aromatic rings. The van der Waals surface area contributed by atoms with Crippen molar-refractivity contribution in [2.45, 2.75) is 39.7 Å². The smallest absolute Gasteiger partial charge is 0.243 e. The minimum absolute atomic E-state index is 0.298. The van der Waals surface area contributed by atoms with Gasteiger partial charge in [-0.3, -0.25) is 9.10 Å². The number of hydrogen-bond acceptors (Lipinski definition) is 3. The highest BCUT2D eigenvalue weighted by molar-refractivity contribution is 7.92. The predicted octanol–water partition coefficient (Wildman–Crippen LogP) is 3.21. The largest absolute Gasteiger partial charge is 0.354 e. The molecule has 0 aliphatic rings. The predicted molar refractivity (Wildman–Crippen MR) is 110 cm³/mol. The van der Waals surface area contributed by atoms with Crippen molar-refractivity contribution in [3.63, 3.8) is 0 Å². The fourth-order valence-electron chi connectivity index (χ4n) is 3.18. The zero-order valence-electron chi connectivity index (χ0n) is 16.4. The van der Waals surface area contributed by atoms with E-state index < -0.39 is 16.1 Å². The minimum atomic E-state index is -3.60. The molecular weight excluding hydrogens is 360 g/mol. The Bertz CT molecular complexity index is 859. The van der Waals surface area contributed by atoms with Crippen molar-refractivity contribution in [3.05, 3.63) is 65.2 Å². The van der Waals surface area contributed by atoms with E-state index >= 15 is 0 Å². The molecule has 5 nitrogen and oxygen atoms in total. The van der Waals surface area contributed by atoms with Gasteiger partial charge in [0, 0.05) is 6.54 Å². The van der Waals surface area contributed by atoms with E-state index in [0.29, 0.717) is 12.2 Å². The van der Waals surface area contributed by atoms with Crippen LogP contribution in [0.1, 0.15) is 30.0 Å². The lowest BCUT2D eigenvalue weighted by Gasteiger charge is -2.28. The second-order valence-electron chi connectivity index (χ2n) is 6.96. The summed E-state index contributed by atoms with van der Waals surface area (Å²) < 4.78 is 25.9. The molecule has 0 heterocycles. The molecule has 0 aliphatic carbocycles. The van der Waals surface area contributed by atoms with Crippen LogP contribution < -0.4 is 9.62 Å². The number of amides is 1. The number of aryl methyl sites for hydroxylation is 3. The van der Waals surface area contributed by atoms with Gasteiger partial charge in [0.1, 0.15) is 6.04 Å². The lowest BCUT2D eigenvalue weighted by molar-refractivity contribution is -0.121. The van der Waals surface area contributed by atoms with Crippen LogP contribution in [0.25, 0.3) is 0 Å². The molecule has 2 rings (SSSR count). The second kappa shape index (κ2) is 9.04. The molecule has 1 unspecified atom stereocenters. The highest BCUT2D eigenvalue weighted by Crippen LogP contribution is 2.23. The molecule has 0 fully saturated rings. The van der Waals surface area contributed by atoms with Gasteiger partial charge in [0.15, 0.2) is 0 Å². The fraction of sp³-hybridized carbons (Fsp3) is 0.381. The first kappa shape index (κ1) is 21.0. The molecule has 0 bridgehead atoms. The number of sulfonamides is 1. The van der Waals surface area contributed by atoms with Crippen LogP contribution in [0.3, 0.4) is 0 Å². The van der Waals surface area contributed by atoms with Gasteiger partial charge in [-0.25, -0.2) is 8.42 Å². The van der Waals surface area contributed by atoms with Gasteiger partial charge < -0.3 is 5.32 Å². The summed E-state index contributed by atoms with van der Waals surface area (Å²) in [5.74, 6) is -0.298. The zero-order chi connectivity index (χ0) is 20.0. The summed E-state index contributed by atoms with van der Waals surface area (Å²) >= 11 is 0. The molecule has 27 heavy (non-hydrogen) atoms. The third-order valence-electron chi connectivity index (χ3n) is 4.33. The molecule has 6 heteroatoms. The van der Waals surface area contributed by atoms with Gasteiger partial charge in [-0.1, -0.05) is 36.4 Å². The molecular formula is C21H28N2O3S. The number of anilines is 1. The first-order chi connectivity index (χ1) is 12.7. The van der Waals surface area contributed by atoms with Crippen LogP contribution in [0.5, 0.6) is 0 Å². The average Bonchev–Trinajstić information content (AvgIpc) is 2.57. The molecule has 0 saturated carbocycles. The summed E-state index contributed by atoms with van der Waals surface area (Å²) in [7, 11) is -3.60. The normalized spacial score (nSPS) is 12.4. The Balaban J connectivity index is 2.04. The monoisotopic (exact) mass is 388 g/mol. The summed E-state index contributed by atoms with van der Waals surface area (Å²) in [4.78, 5) is 12.6. The lowest BCUT2D eigenvalue weighted by Crippen LogP contribution is -2.48. The van der Waals surface area contributed by atoms with E-state index in [4.69, 9.17) is 0 Å². The quantitative estimate of drug-likeness (QED) is 0.706. The van der Waals surface area contributed by atoms with Gasteiger partial charge in [-0.05, 0) is 62.4 Å². The van der Waals surface area contributed by atoms with Gasteiger partial charge in [-0.2, -0.15) is 0 Å². The molecule has 0 aliphatic heterocycles. The molecule has 1 N–H and O–H groups in total. The van der Waals surface area contributed by atoms with E-state index in [9.17, 15) is 13.2 Å². The Morgan fingerprint density at radius 3 is 2.22 bits per heavy atom. The van der Waals surface area contributed by atoms with Crippen LogP contribution in [0.15, 0.2) is 48.5 Å². The van der Waals surface area contributed by atoms with E-state index in [1.54, 1.807) is 19.1 Å². The van der Waals surface area contributed by atoms with Crippen LogP contribution in [0.2, 0.25) is 0 Å². The van der Waals surface area contributed by atoms with Crippen molar-refractivity contribution in [2.24, 2.45) is 0 Å². The SMILES string of the molecule is Cc1cc(C)cc(N(C(C)C(=O)NCCCc2ccccc2)S(C)(=O)=O)c1. The van der Waals surface area contributed by atoms with Gasteiger partial charge >= 0.3 is 0 Å². The topological polar surface area (TPSA) is 66.5 Å². The summed E-state index contributed by atoms with van der Waals surface area (Å²) in [5, 5.41) is 2.86. The maximum absolute atomic E-state index is 12.6. The van der Waals surface area contributed by atoms with Gasteiger partial charge in [0.2, 0.25) is 15.9 Å². The Morgan fingerprint density at radius 1 is 1.07 bits per heavy atom. The molecule has 0 aromatic heterocycles. The number of carbonyl (C=O) groups excluding carboxylic acids is 1. The second-order valence-corrected chi connectivity index (χ2v) is 8.82. The van der Waals surface area contributed by atoms with Gasteiger partial charge in [-0.15, -0.1) is 0 Å². The number of nitrogens with one attached hydrogen (secondary N) is 1. The molecule has 0 saturated heterocycles. The van der Waals surface area contributed by atoms with Crippen molar-refractivity contribution < 1.29 is 13.2 Å². The van der Waals surface area contributed by atoms with Crippen LogP contribution >= 0.6 is 0 Å². The Kier molecular flexibility index (Phi) is 7.02. The van der Waals surface area contributed by atoms with Crippen molar-refractivity contribution in [1.29, 1.82) is 0 Å². The van der Waals surface area contributed by atoms with E-state index in [1.807, 2.05) is 38.1 Å². The number of nitrogens with zero attached hydrogens (tertiary/aromatic N) is 1. The molecule has 0 spiro atoms. The maximum atomic E-state index is 12.6. The number of benzene rings is 2. The number of carbonyl (C=O) groups is 1. The highest BCUT2D eigenvalue weighted by Gasteiger charge is 2.29.